The summed E-state index contributed by atoms with van der Waals surface area (Å²) in [7, 11) is 0. The van der Waals surface area contributed by atoms with E-state index in [-0.39, 0.29) is 11.3 Å². The lowest BCUT2D eigenvalue weighted by atomic mass is 9.95. The zero-order chi connectivity index (χ0) is 22.5. The fourth-order valence-corrected chi connectivity index (χ4v) is 4.39. The van der Waals surface area contributed by atoms with Crippen molar-refractivity contribution >= 4 is 17.4 Å². The number of rotatable bonds is 8. The van der Waals surface area contributed by atoms with Gasteiger partial charge in [-0.25, -0.2) is 0 Å². The molecule has 2 heterocycles. The number of aliphatic hydroxyl groups is 1. The van der Waals surface area contributed by atoms with Crippen molar-refractivity contribution in [1.82, 2.24) is 9.80 Å². The Kier molecular flexibility index (Phi) is 6.71. The first-order valence-corrected chi connectivity index (χ1v) is 11.0. The molecule has 2 saturated heterocycles. The molecular formula is C26H28N2O4. The van der Waals surface area contributed by atoms with Crippen molar-refractivity contribution in [1.29, 1.82) is 0 Å². The molecule has 166 valence electrons. The largest absolute Gasteiger partial charge is 0.507 e. The van der Waals surface area contributed by atoms with Crippen LogP contribution >= 0.6 is 0 Å². The Bertz CT molecular complexity index is 1030. The number of hydrogen-bond donors (Lipinski definition) is 1. The highest BCUT2D eigenvalue weighted by Gasteiger charge is 2.46. The number of nitrogens with zero attached hydrogens (tertiary/aromatic N) is 2. The fourth-order valence-electron chi connectivity index (χ4n) is 4.39. The van der Waals surface area contributed by atoms with E-state index < -0.39 is 17.7 Å². The molecule has 6 heteroatoms. The van der Waals surface area contributed by atoms with E-state index in [1.807, 2.05) is 30.3 Å². The van der Waals surface area contributed by atoms with Gasteiger partial charge in [-0.15, -0.1) is 0 Å². The third-order valence-electron chi connectivity index (χ3n) is 5.98. The van der Waals surface area contributed by atoms with Crippen molar-refractivity contribution in [2.45, 2.75) is 18.9 Å². The first-order chi connectivity index (χ1) is 15.6. The van der Waals surface area contributed by atoms with Crippen molar-refractivity contribution < 1.29 is 19.4 Å². The summed E-state index contributed by atoms with van der Waals surface area (Å²) in [5, 5.41) is 11.1. The van der Waals surface area contributed by atoms with Crippen LogP contribution in [0.5, 0.6) is 5.75 Å². The van der Waals surface area contributed by atoms with Gasteiger partial charge in [-0.1, -0.05) is 55.1 Å². The van der Waals surface area contributed by atoms with Gasteiger partial charge in [0.05, 0.1) is 11.6 Å². The monoisotopic (exact) mass is 432 g/mol. The second kappa shape index (κ2) is 9.83. The fraction of sp³-hybridized carbons (Fsp3) is 0.308. The zero-order valence-corrected chi connectivity index (χ0v) is 18.1. The highest BCUT2D eigenvalue weighted by atomic mass is 16.5. The molecule has 32 heavy (non-hydrogen) atoms. The Hall–Kier alpha value is -3.38. The summed E-state index contributed by atoms with van der Waals surface area (Å²) in [6, 6.07) is 15.5. The lowest BCUT2D eigenvalue weighted by Gasteiger charge is -2.27. The molecule has 1 N–H and O–H groups in total. The average Bonchev–Trinajstić information content (AvgIpc) is 3.43. The molecule has 0 spiro atoms. The van der Waals surface area contributed by atoms with Gasteiger partial charge in [0.2, 0.25) is 0 Å². The van der Waals surface area contributed by atoms with E-state index in [9.17, 15) is 14.7 Å². The van der Waals surface area contributed by atoms with Gasteiger partial charge in [-0.05, 0) is 43.6 Å². The van der Waals surface area contributed by atoms with Crippen molar-refractivity contribution in [3.05, 3.63) is 84.0 Å². The van der Waals surface area contributed by atoms with Crippen LogP contribution in [0.15, 0.2) is 72.8 Å². The number of ketones is 1. The van der Waals surface area contributed by atoms with Gasteiger partial charge in [-0.3, -0.25) is 9.59 Å². The maximum atomic E-state index is 13.1. The molecule has 2 aliphatic rings. The van der Waals surface area contributed by atoms with Crippen LogP contribution in [-0.4, -0.2) is 59.4 Å². The molecule has 1 atom stereocenters. The molecule has 2 aromatic carbocycles. The predicted octanol–water partition coefficient (Wildman–Crippen LogP) is 3.77. The summed E-state index contributed by atoms with van der Waals surface area (Å²) in [5.74, 6) is -0.776. The summed E-state index contributed by atoms with van der Waals surface area (Å²) < 4.78 is 5.67. The van der Waals surface area contributed by atoms with Crippen molar-refractivity contribution in [3.63, 3.8) is 0 Å². The molecule has 0 radical (unpaired) electrons. The Morgan fingerprint density at radius 1 is 1.06 bits per heavy atom. The minimum atomic E-state index is -0.676. The summed E-state index contributed by atoms with van der Waals surface area (Å²) in [6.07, 6.45) is 3.96. The van der Waals surface area contributed by atoms with Crippen molar-refractivity contribution in [2.24, 2.45) is 0 Å². The first-order valence-electron chi connectivity index (χ1n) is 11.0. The maximum Gasteiger partial charge on any atom is 0.295 e. The molecule has 1 amide bonds. The lowest BCUT2D eigenvalue weighted by molar-refractivity contribution is -0.140. The van der Waals surface area contributed by atoms with Crippen molar-refractivity contribution in [3.8, 4) is 5.75 Å². The number of Topliss-reactive ketones (excluding diaryl/α,β-unsaturated/α-hetero) is 1. The van der Waals surface area contributed by atoms with Gasteiger partial charge in [0.1, 0.15) is 18.1 Å². The molecule has 0 bridgehead atoms. The number of hydrogen-bond acceptors (Lipinski definition) is 5. The molecule has 1 unspecified atom stereocenters. The minimum Gasteiger partial charge on any atom is -0.507 e. The van der Waals surface area contributed by atoms with Gasteiger partial charge in [0.25, 0.3) is 11.7 Å². The van der Waals surface area contributed by atoms with E-state index in [2.05, 4.69) is 11.5 Å². The van der Waals surface area contributed by atoms with Gasteiger partial charge in [-0.2, -0.15) is 0 Å². The van der Waals surface area contributed by atoms with E-state index in [0.717, 1.165) is 31.5 Å². The number of aliphatic hydroxyl groups excluding tert-OH is 1. The molecule has 4 rings (SSSR count). The van der Waals surface area contributed by atoms with Crippen LogP contribution in [0.2, 0.25) is 0 Å². The quantitative estimate of drug-likeness (QED) is 0.298. The number of likely N-dealkylation sites (tertiary alicyclic amines) is 2. The summed E-state index contributed by atoms with van der Waals surface area (Å²) in [4.78, 5) is 30.1. The van der Waals surface area contributed by atoms with Crippen LogP contribution in [0.25, 0.3) is 5.76 Å². The van der Waals surface area contributed by atoms with Crippen LogP contribution in [0, 0.1) is 0 Å². The molecule has 0 aromatic heterocycles. The van der Waals surface area contributed by atoms with E-state index in [0.29, 0.717) is 31.0 Å². The Morgan fingerprint density at radius 3 is 2.53 bits per heavy atom. The lowest BCUT2D eigenvalue weighted by Crippen LogP contribution is -2.37. The number of carbonyl (C=O) groups is 2. The molecule has 2 aliphatic heterocycles. The van der Waals surface area contributed by atoms with Gasteiger partial charge in [0.15, 0.2) is 0 Å². The van der Waals surface area contributed by atoms with Crippen LogP contribution in [-0.2, 0) is 9.59 Å². The standard InChI is InChI=1S/C26H28N2O4/c1-2-17-32-21-12-8-11-20(18-21)23-22(24(29)19-9-4-3-5-10-19)25(30)26(31)28(23)16-15-27-13-6-7-14-27/h2-5,8-12,18,23,29H,1,6-7,13-17H2/b24-22+. The topological polar surface area (TPSA) is 70.1 Å². The van der Waals surface area contributed by atoms with E-state index in [1.165, 1.54) is 0 Å². The summed E-state index contributed by atoms with van der Waals surface area (Å²) in [5.41, 5.74) is 1.35. The summed E-state index contributed by atoms with van der Waals surface area (Å²) >= 11 is 0. The van der Waals surface area contributed by atoms with Gasteiger partial charge in [0, 0.05) is 18.7 Å². The normalized spacial score (nSPS) is 20.6. The van der Waals surface area contributed by atoms with Crippen molar-refractivity contribution in [2.75, 3.05) is 32.8 Å². The highest BCUT2D eigenvalue weighted by Crippen LogP contribution is 2.40. The number of carbonyl (C=O) groups excluding carboxylic acids is 2. The molecule has 2 fully saturated rings. The second-order valence-corrected chi connectivity index (χ2v) is 8.08. The average molecular weight is 433 g/mol. The van der Waals surface area contributed by atoms with Crippen LogP contribution < -0.4 is 4.74 Å². The smallest absolute Gasteiger partial charge is 0.295 e. The summed E-state index contributed by atoms with van der Waals surface area (Å²) in [6.45, 7) is 7.14. The van der Waals surface area contributed by atoms with Gasteiger partial charge < -0.3 is 19.6 Å². The first kappa shape index (κ1) is 21.8. The molecule has 0 aliphatic carbocycles. The van der Waals surface area contributed by atoms with E-state index >= 15 is 0 Å². The molecule has 6 nitrogen and oxygen atoms in total. The van der Waals surface area contributed by atoms with Crippen LogP contribution in [0.4, 0.5) is 0 Å². The van der Waals surface area contributed by atoms with Gasteiger partial charge >= 0.3 is 0 Å². The number of ether oxygens (including phenoxy) is 1. The Labute approximate surface area is 188 Å². The Morgan fingerprint density at radius 2 is 1.81 bits per heavy atom. The minimum absolute atomic E-state index is 0.114. The molecular weight excluding hydrogens is 404 g/mol. The van der Waals surface area contributed by atoms with E-state index in [1.54, 1.807) is 35.2 Å². The second-order valence-electron chi connectivity index (χ2n) is 8.08. The zero-order valence-electron chi connectivity index (χ0n) is 18.1. The number of benzene rings is 2. The maximum absolute atomic E-state index is 13.1. The van der Waals surface area contributed by atoms with Crippen LogP contribution in [0.3, 0.4) is 0 Å². The Balaban J connectivity index is 1.75. The molecule has 0 saturated carbocycles. The highest BCUT2D eigenvalue weighted by molar-refractivity contribution is 6.46. The predicted molar refractivity (Wildman–Crippen MR) is 123 cm³/mol. The SMILES string of the molecule is C=CCOc1cccc(C2/C(=C(\O)c3ccccc3)C(=O)C(=O)N2CCN2CCCC2)c1. The van der Waals surface area contributed by atoms with E-state index in [4.69, 9.17) is 4.74 Å². The third kappa shape index (κ3) is 4.46. The molecule has 2 aromatic rings. The van der Waals surface area contributed by atoms with Crippen LogP contribution in [0.1, 0.15) is 30.0 Å². The third-order valence-corrected chi connectivity index (χ3v) is 5.98. The number of amides is 1.